The van der Waals surface area contributed by atoms with E-state index < -0.39 is 5.91 Å². The van der Waals surface area contributed by atoms with Crippen LogP contribution in [0.25, 0.3) is 0 Å². The van der Waals surface area contributed by atoms with Crippen molar-refractivity contribution in [3.8, 4) is 0 Å². The fraction of sp³-hybridized carbons (Fsp3) is 0.333. The van der Waals surface area contributed by atoms with Gasteiger partial charge in [-0.3, -0.25) is 14.4 Å². The predicted molar refractivity (Wildman–Crippen MR) is 55.9 cm³/mol. The summed E-state index contributed by atoms with van der Waals surface area (Å²) < 4.78 is 0. The first kappa shape index (κ1) is 11.9. The molecule has 0 unspecified atom stereocenters. The van der Waals surface area contributed by atoms with Gasteiger partial charge in [-0.15, -0.1) is 0 Å². The lowest BCUT2D eigenvalue weighted by molar-refractivity contribution is -0.118. The van der Waals surface area contributed by atoms with Crippen LogP contribution < -0.4 is 16.2 Å². The number of rotatable bonds is 4. The Morgan fingerprint density at radius 3 is 2.62 bits per heavy atom. The average Bonchev–Trinajstić information content (AvgIpc) is 2.25. The van der Waals surface area contributed by atoms with E-state index in [2.05, 4.69) is 20.6 Å². The molecular formula is C9H12N4O3. The molecule has 16 heavy (non-hydrogen) atoms. The van der Waals surface area contributed by atoms with Crippen LogP contribution in [-0.4, -0.2) is 34.9 Å². The van der Waals surface area contributed by atoms with E-state index in [1.165, 1.54) is 13.1 Å². The molecule has 0 spiro atoms. The Labute approximate surface area is 91.3 Å². The number of H-pyrrole nitrogens is 1. The minimum absolute atomic E-state index is 0.127. The lowest BCUT2D eigenvalue weighted by Gasteiger charge is -2.04. The minimum Gasteiger partial charge on any atom is -0.355 e. The van der Waals surface area contributed by atoms with Gasteiger partial charge in [-0.1, -0.05) is 0 Å². The Kier molecular flexibility index (Phi) is 4.19. The first-order valence-corrected chi connectivity index (χ1v) is 4.67. The highest BCUT2D eigenvalue weighted by Gasteiger charge is 2.05. The highest BCUT2D eigenvalue weighted by molar-refractivity contribution is 5.91. The molecule has 0 radical (unpaired) electrons. The number of nitrogens with one attached hydrogen (secondary N) is 3. The maximum atomic E-state index is 11.4. The first-order valence-electron chi connectivity index (χ1n) is 4.67. The molecule has 0 saturated heterocycles. The number of carbonyl (C=O) groups excluding carboxylic acids is 2. The SMILES string of the molecule is CC(=O)NCCNC(=O)c1c[nH]c(=O)cn1. The third kappa shape index (κ3) is 3.91. The summed E-state index contributed by atoms with van der Waals surface area (Å²) in [4.78, 5) is 38.6. The number of aromatic nitrogens is 2. The number of carbonyl (C=O) groups is 2. The maximum Gasteiger partial charge on any atom is 0.271 e. The molecule has 1 rings (SSSR count). The van der Waals surface area contributed by atoms with E-state index >= 15 is 0 Å². The smallest absolute Gasteiger partial charge is 0.271 e. The van der Waals surface area contributed by atoms with Crippen LogP contribution in [0.15, 0.2) is 17.2 Å². The van der Waals surface area contributed by atoms with E-state index in [1.807, 2.05) is 0 Å². The summed E-state index contributed by atoms with van der Waals surface area (Å²) >= 11 is 0. The Morgan fingerprint density at radius 1 is 1.38 bits per heavy atom. The molecule has 1 aromatic heterocycles. The van der Waals surface area contributed by atoms with Gasteiger partial charge in [-0.25, -0.2) is 4.98 Å². The average molecular weight is 224 g/mol. The van der Waals surface area contributed by atoms with E-state index in [1.54, 1.807) is 0 Å². The van der Waals surface area contributed by atoms with Gasteiger partial charge in [0.25, 0.3) is 11.5 Å². The summed E-state index contributed by atoms with van der Waals surface area (Å²) in [7, 11) is 0. The normalized spacial score (nSPS) is 9.56. The number of hydrogen-bond donors (Lipinski definition) is 3. The van der Waals surface area contributed by atoms with Crippen LogP contribution in [0.1, 0.15) is 17.4 Å². The van der Waals surface area contributed by atoms with Gasteiger partial charge in [0.1, 0.15) is 5.69 Å². The topological polar surface area (TPSA) is 104 Å². The Morgan fingerprint density at radius 2 is 2.06 bits per heavy atom. The predicted octanol–water partition coefficient (Wildman–Crippen LogP) is -1.36. The van der Waals surface area contributed by atoms with Gasteiger partial charge in [0.05, 0.1) is 6.20 Å². The molecule has 3 N–H and O–H groups in total. The molecule has 0 saturated carbocycles. The van der Waals surface area contributed by atoms with Crippen LogP contribution >= 0.6 is 0 Å². The van der Waals surface area contributed by atoms with E-state index in [0.29, 0.717) is 13.1 Å². The zero-order chi connectivity index (χ0) is 12.0. The molecule has 0 bridgehead atoms. The number of amides is 2. The fourth-order valence-electron chi connectivity index (χ4n) is 0.971. The van der Waals surface area contributed by atoms with Gasteiger partial charge in [0, 0.05) is 26.2 Å². The van der Waals surface area contributed by atoms with E-state index in [-0.39, 0.29) is 17.2 Å². The van der Waals surface area contributed by atoms with Crippen molar-refractivity contribution in [1.29, 1.82) is 0 Å². The van der Waals surface area contributed by atoms with Crippen LogP contribution in [-0.2, 0) is 4.79 Å². The molecule has 1 aromatic rings. The molecule has 0 aromatic carbocycles. The monoisotopic (exact) mass is 224 g/mol. The quantitative estimate of drug-likeness (QED) is 0.549. The van der Waals surface area contributed by atoms with E-state index in [9.17, 15) is 14.4 Å². The Bertz CT molecular complexity index is 420. The van der Waals surface area contributed by atoms with Crippen molar-refractivity contribution in [2.45, 2.75) is 6.92 Å². The van der Waals surface area contributed by atoms with Gasteiger partial charge >= 0.3 is 0 Å². The van der Waals surface area contributed by atoms with Crippen LogP contribution in [0.5, 0.6) is 0 Å². The van der Waals surface area contributed by atoms with E-state index in [0.717, 1.165) is 6.20 Å². The fourth-order valence-corrected chi connectivity index (χ4v) is 0.971. The van der Waals surface area contributed by atoms with Crippen molar-refractivity contribution in [3.05, 3.63) is 28.4 Å². The number of nitrogens with zero attached hydrogens (tertiary/aromatic N) is 1. The third-order valence-corrected chi connectivity index (χ3v) is 1.69. The van der Waals surface area contributed by atoms with Crippen LogP contribution in [0.3, 0.4) is 0 Å². The van der Waals surface area contributed by atoms with Crippen molar-refractivity contribution < 1.29 is 9.59 Å². The van der Waals surface area contributed by atoms with Crippen LogP contribution in [0.4, 0.5) is 0 Å². The van der Waals surface area contributed by atoms with Crippen LogP contribution in [0, 0.1) is 0 Å². The Hall–Kier alpha value is -2.18. The van der Waals surface area contributed by atoms with Crippen molar-refractivity contribution in [2.24, 2.45) is 0 Å². The summed E-state index contributed by atoms with van der Waals surface area (Å²) in [5, 5.41) is 5.07. The Balaban J connectivity index is 2.38. The summed E-state index contributed by atoms with van der Waals surface area (Å²) in [6, 6.07) is 0. The summed E-state index contributed by atoms with van der Waals surface area (Å²) in [5.74, 6) is -0.557. The van der Waals surface area contributed by atoms with Crippen molar-refractivity contribution in [2.75, 3.05) is 13.1 Å². The van der Waals surface area contributed by atoms with Gasteiger partial charge < -0.3 is 15.6 Å². The molecule has 7 nitrogen and oxygen atoms in total. The second-order valence-corrected chi connectivity index (χ2v) is 3.04. The van der Waals surface area contributed by atoms with Gasteiger partial charge in [0.15, 0.2) is 0 Å². The molecule has 0 aliphatic rings. The second-order valence-electron chi connectivity index (χ2n) is 3.04. The molecule has 0 aliphatic heterocycles. The van der Waals surface area contributed by atoms with Gasteiger partial charge in [-0.2, -0.15) is 0 Å². The lowest BCUT2D eigenvalue weighted by atomic mass is 10.4. The van der Waals surface area contributed by atoms with Gasteiger partial charge in [0.2, 0.25) is 5.91 Å². The summed E-state index contributed by atoms with van der Waals surface area (Å²) in [5.41, 5.74) is -0.239. The van der Waals surface area contributed by atoms with Crippen molar-refractivity contribution in [1.82, 2.24) is 20.6 Å². The standard InChI is InChI=1S/C9H12N4O3/c1-6(14)10-2-3-11-9(16)7-4-13-8(15)5-12-7/h4-5H,2-3H2,1H3,(H,10,14)(H,11,16)(H,13,15). The number of hydrogen-bond acceptors (Lipinski definition) is 4. The zero-order valence-electron chi connectivity index (χ0n) is 8.74. The molecular weight excluding hydrogens is 212 g/mol. The third-order valence-electron chi connectivity index (χ3n) is 1.69. The molecule has 0 atom stereocenters. The molecule has 1 heterocycles. The highest BCUT2D eigenvalue weighted by atomic mass is 16.2. The largest absolute Gasteiger partial charge is 0.355 e. The van der Waals surface area contributed by atoms with E-state index in [4.69, 9.17) is 0 Å². The number of aromatic amines is 1. The van der Waals surface area contributed by atoms with Gasteiger partial charge in [-0.05, 0) is 0 Å². The molecule has 86 valence electrons. The summed E-state index contributed by atoms with van der Waals surface area (Å²) in [6.07, 6.45) is 2.26. The summed E-state index contributed by atoms with van der Waals surface area (Å²) in [6.45, 7) is 2.05. The minimum atomic E-state index is -0.401. The maximum absolute atomic E-state index is 11.4. The molecule has 2 amide bonds. The zero-order valence-corrected chi connectivity index (χ0v) is 8.74. The van der Waals surface area contributed by atoms with Crippen molar-refractivity contribution in [3.63, 3.8) is 0 Å². The highest BCUT2D eigenvalue weighted by Crippen LogP contribution is 1.86. The lowest BCUT2D eigenvalue weighted by Crippen LogP contribution is -2.34. The molecule has 7 heteroatoms. The first-order chi connectivity index (χ1) is 7.59. The molecule has 0 aliphatic carbocycles. The molecule has 0 fully saturated rings. The second kappa shape index (κ2) is 5.64. The van der Waals surface area contributed by atoms with Crippen LogP contribution in [0.2, 0.25) is 0 Å². The van der Waals surface area contributed by atoms with Crippen molar-refractivity contribution >= 4 is 11.8 Å².